The molecule has 0 radical (unpaired) electrons. The number of pyridine rings is 4. The lowest BCUT2D eigenvalue weighted by atomic mass is 9.65. The molecule has 0 saturated carbocycles. The summed E-state index contributed by atoms with van der Waals surface area (Å²) in [5.74, 6) is 5.24. The Kier molecular flexibility index (Phi) is 16.0. The van der Waals surface area contributed by atoms with Gasteiger partial charge in [-0.05, 0) is 92.0 Å². The number of rotatable bonds is 8. The second-order valence-corrected chi connectivity index (χ2v) is 32.3. The van der Waals surface area contributed by atoms with E-state index in [2.05, 4.69) is 352 Å². The molecule has 22 aromatic rings. The summed E-state index contributed by atoms with van der Waals surface area (Å²) in [5.41, 5.74) is 29.5. The SMILES string of the molecule is c1ccc(-c2ccc3ccc4ccc(-c5ccc6c(c5)Oc5c(ccc7c(-c8ccccc8)nc8ccccc8c57)C65c6ccccc6-c6ccccc65)nc4c3n2)cc1.c1ccc(-c2nc(-c3ccccc3)nc(-c3ccc(-c4ccc5c(c4)Oc4c(ccc6c(-c7ccccc7)nc7ccccc7c46)C54c5ccccc5-c5ccccc54)cc3)n2)cc1. The molecule has 4 aliphatic rings. The van der Waals surface area contributed by atoms with Crippen LogP contribution in [0.5, 0.6) is 23.0 Å². The zero-order chi connectivity index (χ0) is 81.6. The fourth-order valence-electron chi connectivity index (χ4n) is 20.2. The van der Waals surface area contributed by atoms with E-state index in [0.717, 1.165) is 183 Å². The van der Waals surface area contributed by atoms with Crippen molar-refractivity contribution in [1.82, 2.24) is 34.9 Å². The van der Waals surface area contributed by atoms with E-state index in [-0.39, 0.29) is 0 Å². The number of hydrogen-bond donors (Lipinski definition) is 0. The van der Waals surface area contributed by atoms with Gasteiger partial charge in [-0.3, -0.25) is 0 Å². The topological polar surface area (TPSA) is 109 Å². The Balaban J connectivity index is 0.000000136. The van der Waals surface area contributed by atoms with Crippen LogP contribution in [0.4, 0.5) is 0 Å². The van der Waals surface area contributed by atoms with Crippen molar-refractivity contribution >= 4 is 65.2 Å². The first-order valence-electron chi connectivity index (χ1n) is 42.1. The number of fused-ring (bicyclic) bond motifs is 29. The third-order valence-electron chi connectivity index (χ3n) is 25.7. The van der Waals surface area contributed by atoms with E-state index in [0.29, 0.717) is 17.5 Å². The first-order chi connectivity index (χ1) is 61.5. The highest BCUT2D eigenvalue weighted by atomic mass is 16.5. The smallest absolute Gasteiger partial charge is 0.164 e. The van der Waals surface area contributed by atoms with E-state index >= 15 is 0 Å². The average Bonchev–Trinajstić information content (AvgIpc) is 1.43. The maximum atomic E-state index is 7.42. The summed E-state index contributed by atoms with van der Waals surface area (Å²) in [7, 11) is 0. The summed E-state index contributed by atoms with van der Waals surface area (Å²) in [6.07, 6.45) is 0. The third-order valence-corrected chi connectivity index (χ3v) is 25.7. The number of ether oxygens (including phenoxy) is 2. The molecule has 0 bridgehead atoms. The van der Waals surface area contributed by atoms with E-state index in [1.165, 1.54) is 44.5 Å². The molecule has 2 aliphatic heterocycles. The van der Waals surface area contributed by atoms with Crippen LogP contribution in [-0.4, -0.2) is 34.9 Å². The molecule has 576 valence electrons. The van der Waals surface area contributed by atoms with Crippen LogP contribution >= 0.6 is 0 Å². The minimum atomic E-state index is -0.634. The first-order valence-corrected chi connectivity index (χ1v) is 42.1. The molecule has 124 heavy (non-hydrogen) atoms. The quantitative estimate of drug-likeness (QED) is 0.137. The summed E-state index contributed by atoms with van der Waals surface area (Å²) in [4.78, 5) is 36.0. The van der Waals surface area contributed by atoms with Crippen LogP contribution in [0.3, 0.4) is 0 Å². The molecule has 17 aromatic carbocycles. The van der Waals surface area contributed by atoms with Crippen LogP contribution in [0.25, 0.3) is 178 Å². The number of hydrogen-bond acceptors (Lipinski definition) is 9. The van der Waals surface area contributed by atoms with Gasteiger partial charge in [0, 0.05) is 104 Å². The molecule has 0 amide bonds. The summed E-state index contributed by atoms with van der Waals surface area (Å²) in [6.45, 7) is 0. The molecule has 9 nitrogen and oxygen atoms in total. The van der Waals surface area contributed by atoms with Crippen LogP contribution < -0.4 is 9.47 Å². The van der Waals surface area contributed by atoms with Gasteiger partial charge in [0.2, 0.25) is 0 Å². The molecular weight excluding hydrogens is 1510 g/mol. The van der Waals surface area contributed by atoms with E-state index < -0.39 is 10.8 Å². The largest absolute Gasteiger partial charge is 0.456 e. The van der Waals surface area contributed by atoms with Gasteiger partial charge in [0.15, 0.2) is 17.5 Å². The van der Waals surface area contributed by atoms with Crippen molar-refractivity contribution in [3.8, 4) is 136 Å². The lowest BCUT2D eigenvalue weighted by Gasteiger charge is -2.40. The summed E-state index contributed by atoms with van der Waals surface area (Å²) >= 11 is 0. The summed E-state index contributed by atoms with van der Waals surface area (Å²) in [6, 6.07) is 148. The summed E-state index contributed by atoms with van der Waals surface area (Å²) in [5, 5.41) is 8.45. The third kappa shape index (κ3) is 10.8. The van der Waals surface area contributed by atoms with Gasteiger partial charge in [0.05, 0.1) is 55.7 Å². The molecule has 26 rings (SSSR count). The fourth-order valence-corrected chi connectivity index (χ4v) is 20.2. The van der Waals surface area contributed by atoms with Gasteiger partial charge in [-0.15, -0.1) is 0 Å². The lowest BCUT2D eigenvalue weighted by molar-refractivity contribution is 0.442. The molecule has 0 atom stereocenters. The van der Waals surface area contributed by atoms with Crippen LogP contribution in [-0.2, 0) is 10.8 Å². The van der Waals surface area contributed by atoms with Gasteiger partial charge in [-0.2, -0.15) is 0 Å². The molecule has 0 fully saturated rings. The molecule has 9 heteroatoms. The highest BCUT2D eigenvalue weighted by Gasteiger charge is 2.54. The Labute approximate surface area is 714 Å². The maximum Gasteiger partial charge on any atom is 0.164 e. The van der Waals surface area contributed by atoms with Gasteiger partial charge >= 0.3 is 0 Å². The van der Waals surface area contributed by atoms with Gasteiger partial charge in [-0.1, -0.05) is 382 Å². The number of nitrogens with zero attached hydrogens (tertiary/aromatic N) is 7. The molecule has 5 aromatic heterocycles. The molecule has 2 aliphatic carbocycles. The zero-order valence-electron chi connectivity index (χ0n) is 66.8. The average molecular weight is 1580 g/mol. The zero-order valence-corrected chi connectivity index (χ0v) is 66.8. The fraction of sp³-hybridized carbons (Fsp3) is 0.0174. The first kappa shape index (κ1) is 70.5. The van der Waals surface area contributed by atoms with Crippen molar-refractivity contribution in [1.29, 1.82) is 0 Å². The van der Waals surface area contributed by atoms with E-state index in [1.54, 1.807) is 0 Å². The maximum absolute atomic E-state index is 7.42. The highest BCUT2D eigenvalue weighted by Crippen LogP contribution is 2.66. The number of aromatic nitrogens is 7. The second kappa shape index (κ2) is 28.1. The molecule has 0 saturated heterocycles. The van der Waals surface area contributed by atoms with E-state index in [4.69, 9.17) is 44.4 Å². The van der Waals surface area contributed by atoms with Crippen LogP contribution in [0.2, 0.25) is 0 Å². The minimum Gasteiger partial charge on any atom is -0.456 e. The van der Waals surface area contributed by atoms with Crippen LogP contribution in [0, 0.1) is 0 Å². The second-order valence-electron chi connectivity index (χ2n) is 32.3. The van der Waals surface area contributed by atoms with Crippen LogP contribution in [0.15, 0.2) is 419 Å². The van der Waals surface area contributed by atoms with Crippen molar-refractivity contribution < 1.29 is 9.47 Å². The Morgan fingerprint density at radius 2 is 0.508 bits per heavy atom. The molecule has 7 heterocycles. The molecule has 0 N–H and O–H groups in total. The van der Waals surface area contributed by atoms with Crippen molar-refractivity contribution in [2.24, 2.45) is 0 Å². The number of para-hydroxylation sites is 2. The van der Waals surface area contributed by atoms with Crippen LogP contribution in [0.1, 0.15) is 44.5 Å². The van der Waals surface area contributed by atoms with Crippen molar-refractivity contribution in [3.63, 3.8) is 0 Å². The molecule has 0 unspecified atom stereocenters. The van der Waals surface area contributed by atoms with Gasteiger partial charge in [0.25, 0.3) is 0 Å². The van der Waals surface area contributed by atoms with E-state index in [1.807, 2.05) is 66.7 Å². The monoisotopic (exact) mass is 1580 g/mol. The Morgan fingerprint density at radius 1 is 0.194 bits per heavy atom. The highest BCUT2D eigenvalue weighted by molar-refractivity contribution is 6.17. The number of benzene rings is 17. The Morgan fingerprint density at radius 3 is 0.935 bits per heavy atom. The molecule has 2 spiro atoms. The standard InChI is InChI=1S/C59H36N4O.C56H33N3O/c1-4-16-38(17-5-1)54-46-33-35-50-55(53(46)45-24-12-15-27-51(45)60-54)64-52-36-42(32-34-49(52)59(50)47-25-13-10-22-43(47)44-23-11-14-26-48(44)59)37-28-30-41(31-29-37)58-62-56(39-18-6-2-7-19-39)61-57(63-58)40-20-8-3-9-21-40;1-3-13-34(14-4-1)47-31-26-36-23-24-37-27-32-48(58-54(37)53(36)57-47)38-25-29-45-50(33-38)60-55-46(56(45)43-20-10-7-17-39(43)40-18-8-11-21-44(40)56)30-28-42-51(55)41-19-9-12-22-49(41)59-52(42)35-15-5-2-6-16-35/h1-36H;1-33H. The predicted molar refractivity (Wildman–Crippen MR) is 501 cm³/mol. The Hall–Kier alpha value is -16.5. The van der Waals surface area contributed by atoms with E-state index in [9.17, 15) is 0 Å². The van der Waals surface area contributed by atoms with Crippen molar-refractivity contribution in [2.45, 2.75) is 10.8 Å². The van der Waals surface area contributed by atoms with Gasteiger partial charge in [0.1, 0.15) is 23.0 Å². The van der Waals surface area contributed by atoms with Gasteiger partial charge in [-0.25, -0.2) is 34.9 Å². The van der Waals surface area contributed by atoms with Crippen molar-refractivity contribution in [3.05, 3.63) is 463 Å². The Bertz CT molecular complexity index is 8020. The molecular formula is C115H69N7O2. The lowest BCUT2D eigenvalue weighted by Crippen LogP contribution is -2.32. The summed E-state index contributed by atoms with van der Waals surface area (Å²) < 4.78 is 14.8. The normalized spacial score (nSPS) is 13.1. The minimum absolute atomic E-state index is 0.619. The predicted octanol–water partition coefficient (Wildman–Crippen LogP) is 28.3. The van der Waals surface area contributed by atoms with Gasteiger partial charge < -0.3 is 9.47 Å². The van der Waals surface area contributed by atoms with Crippen molar-refractivity contribution in [2.75, 3.05) is 0 Å².